The van der Waals surface area contributed by atoms with Gasteiger partial charge in [0.2, 0.25) is 5.91 Å². The summed E-state index contributed by atoms with van der Waals surface area (Å²) in [6.07, 6.45) is -2.60. The fraction of sp³-hybridized carbons (Fsp3) is 0.391. The summed E-state index contributed by atoms with van der Waals surface area (Å²) in [4.78, 5) is 25.6. The van der Waals surface area contributed by atoms with Crippen LogP contribution in [-0.4, -0.2) is 23.3 Å². The van der Waals surface area contributed by atoms with Crippen molar-refractivity contribution >= 4 is 17.6 Å². The van der Waals surface area contributed by atoms with E-state index in [9.17, 15) is 22.8 Å². The molecule has 5 nitrogen and oxygen atoms in total. The normalized spacial score (nSPS) is 20.9. The number of ether oxygens (including phenoxy) is 1. The summed E-state index contributed by atoms with van der Waals surface area (Å²) in [6.45, 7) is 2.25. The highest BCUT2D eigenvalue weighted by molar-refractivity contribution is 5.79. The summed E-state index contributed by atoms with van der Waals surface area (Å²) >= 11 is 0. The van der Waals surface area contributed by atoms with E-state index in [0.717, 1.165) is 17.7 Å². The number of nitrogens with one attached hydrogen (secondary N) is 1. The van der Waals surface area contributed by atoms with Crippen molar-refractivity contribution in [1.29, 1.82) is 0 Å². The molecule has 0 radical (unpaired) electrons. The first-order valence-corrected chi connectivity index (χ1v) is 10.3. The fourth-order valence-corrected chi connectivity index (χ4v) is 4.23. The minimum atomic E-state index is -4.45. The Morgan fingerprint density at radius 2 is 1.94 bits per heavy atom. The number of amides is 1. The molecule has 31 heavy (non-hydrogen) atoms. The van der Waals surface area contributed by atoms with Crippen molar-refractivity contribution in [2.24, 2.45) is 0 Å². The topological polar surface area (TPSA) is 58.6 Å². The Labute approximate surface area is 178 Å². The van der Waals surface area contributed by atoms with Crippen LogP contribution in [0.25, 0.3) is 0 Å². The van der Waals surface area contributed by atoms with Gasteiger partial charge in [0, 0.05) is 25.1 Å². The molecule has 0 spiro atoms. The van der Waals surface area contributed by atoms with Crippen molar-refractivity contribution in [2.75, 3.05) is 11.9 Å². The molecule has 2 aromatic rings. The number of likely N-dealkylation sites (tertiary alicyclic amines) is 1. The zero-order chi connectivity index (χ0) is 22.2. The number of carbonyl (C=O) groups is 2. The first kappa shape index (κ1) is 21.2. The number of nitrogens with zero attached hydrogens (tertiary/aromatic N) is 1. The van der Waals surface area contributed by atoms with E-state index < -0.39 is 17.8 Å². The molecule has 1 fully saturated rings. The van der Waals surface area contributed by atoms with E-state index in [2.05, 4.69) is 5.32 Å². The van der Waals surface area contributed by atoms with Gasteiger partial charge in [-0.25, -0.2) is 0 Å². The van der Waals surface area contributed by atoms with Crippen LogP contribution in [-0.2, 0) is 15.8 Å². The predicted molar refractivity (Wildman–Crippen MR) is 108 cm³/mol. The largest absolute Gasteiger partial charge is 0.427 e. The van der Waals surface area contributed by atoms with Gasteiger partial charge in [0.05, 0.1) is 17.6 Å². The van der Waals surface area contributed by atoms with Gasteiger partial charge in [0.25, 0.3) is 0 Å². The number of anilines is 1. The van der Waals surface area contributed by atoms with Crippen molar-refractivity contribution in [3.63, 3.8) is 0 Å². The third-order valence-corrected chi connectivity index (χ3v) is 5.82. The summed E-state index contributed by atoms with van der Waals surface area (Å²) in [5.41, 5.74) is 1.27. The molecule has 2 aliphatic rings. The first-order chi connectivity index (χ1) is 14.8. The predicted octanol–water partition coefficient (Wildman–Crippen LogP) is 5.24. The van der Waals surface area contributed by atoms with Gasteiger partial charge < -0.3 is 15.0 Å². The summed E-state index contributed by atoms with van der Waals surface area (Å²) in [7, 11) is 0. The molecule has 0 aromatic heterocycles. The third kappa shape index (κ3) is 4.38. The lowest BCUT2D eigenvalue weighted by atomic mass is 9.87. The Morgan fingerprint density at radius 3 is 2.55 bits per heavy atom. The van der Waals surface area contributed by atoms with Crippen LogP contribution >= 0.6 is 0 Å². The number of esters is 1. The Kier molecular flexibility index (Phi) is 5.64. The van der Waals surface area contributed by atoms with Crippen LogP contribution in [0.1, 0.15) is 61.4 Å². The fourth-order valence-electron chi connectivity index (χ4n) is 4.23. The smallest absolute Gasteiger partial charge is 0.416 e. The Balaban J connectivity index is 1.65. The van der Waals surface area contributed by atoms with Crippen LogP contribution in [0, 0.1) is 0 Å². The molecule has 2 heterocycles. The summed E-state index contributed by atoms with van der Waals surface area (Å²) in [6, 6.07) is 10.1. The number of hydrogen-bond acceptors (Lipinski definition) is 4. The minimum Gasteiger partial charge on any atom is -0.427 e. The van der Waals surface area contributed by atoms with Crippen molar-refractivity contribution < 1.29 is 27.5 Å². The molecule has 2 aromatic carbocycles. The number of fused-ring (bicyclic) bond motifs is 1. The maximum atomic E-state index is 13.3. The zero-order valence-corrected chi connectivity index (χ0v) is 17.0. The number of alkyl halides is 3. The zero-order valence-electron chi connectivity index (χ0n) is 17.0. The molecule has 1 amide bonds. The molecule has 0 saturated carbocycles. The second kappa shape index (κ2) is 8.24. The lowest BCUT2D eigenvalue weighted by Crippen LogP contribution is -2.35. The maximum Gasteiger partial charge on any atom is 0.416 e. The second-order valence-electron chi connectivity index (χ2n) is 7.84. The van der Waals surface area contributed by atoms with E-state index in [-0.39, 0.29) is 24.3 Å². The number of halogens is 3. The van der Waals surface area contributed by atoms with Gasteiger partial charge in [-0.15, -0.1) is 0 Å². The number of hydrogen-bond donors (Lipinski definition) is 1. The van der Waals surface area contributed by atoms with Crippen LogP contribution in [0.2, 0.25) is 0 Å². The Bertz CT molecular complexity index is 989. The highest BCUT2D eigenvalue weighted by Gasteiger charge is 2.38. The van der Waals surface area contributed by atoms with Gasteiger partial charge in [-0.2, -0.15) is 13.2 Å². The van der Waals surface area contributed by atoms with Gasteiger partial charge in [0.15, 0.2) is 0 Å². The van der Waals surface area contributed by atoms with Crippen molar-refractivity contribution in [3.8, 4) is 5.75 Å². The molecule has 2 aliphatic heterocycles. The molecular formula is C23H23F3N2O3. The highest BCUT2D eigenvalue weighted by atomic mass is 19.4. The van der Waals surface area contributed by atoms with E-state index in [4.69, 9.17) is 4.74 Å². The van der Waals surface area contributed by atoms with E-state index in [1.54, 1.807) is 24.0 Å². The first-order valence-electron chi connectivity index (χ1n) is 10.3. The number of benzene rings is 2. The molecule has 0 bridgehead atoms. The van der Waals surface area contributed by atoms with Crippen LogP contribution in [0.5, 0.6) is 5.75 Å². The van der Waals surface area contributed by atoms with E-state index >= 15 is 0 Å². The van der Waals surface area contributed by atoms with Crippen LogP contribution in [0.4, 0.5) is 18.9 Å². The van der Waals surface area contributed by atoms with Gasteiger partial charge in [-0.1, -0.05) is 19.1 Å². The lowest BCUT2D eigenvalue weighted by Gasteiger charge is -2.38. The maximum absolute atomic E-state index is 13.3. The van der Waals surface area contributed by atoms with Crippen LogP contribution in [0.3, 0.4) is 0 Å². The second-order valence-corrected chi connectivity index (χ2v) is 7.84. The van der Waals surface area contributed by atoms with Crippen LogP contribution in [0.15, 0.2) is 42.5 Å². The molecule has 0 aliphatic carbocycles. The van der Waals surface area contributed by atoms with E-state index in [0.29, 0.717) is 42.8 Å². The Morgan fingerprint density at radius 1 is 1.19 bits per heavy atom. The average Bonchev–Trinajstić information content (AvgIpc) is 3.18. The summed E-state index contributed by atoms with van der Waals surface area (Å²) < 4.78 is 45.1. The summed E-state index contributed by atoms with van der Waals surface area (Å²) in [5.74, 6) is 0.0780. The lowest BCUT2D eigenvalue weighted by molar-refractivity contribution is -0.137. The van der Waals surface area contributed by atoms with Crippen molar-refractivity contribution in [2.45, 2.75) is 50.9 Å². The molecular weight excluding hydrogens is 409 g/mol. The monoisotopic (exact) mass is 432 g/mol. The summed E-state index contributed by atoms with van der Waals surface area (Å²) in [5, 5.41) is 3.32. The molecule has 2 unspecified atom stereocenters. The number of rotatable bonds is 4. The van der Waals surface area contributed by atoms with Crippen molar-refractivity contribution in [3.05, 3.63) is 59.2 Å². The van der Waals surface area contributed by atoms with Crippen molar-refractivity contribution in [1.82, 2.24) is 4.90 Å². The molecule has 8 heteroatoms. The average molecular weight is 432 g/mol. The van der Waals surface area contributed by atoms with Gasteiger partial charge in [0.1, 0.15) is 5.75 Å². The Hall–Kier alpha value is -3.03. The molecule has 1 saturated heterocycles. The standard InChI is InChI=1S/C23H23F3N2O3/c1-2-22(30)31-16-8-5-14(6-9-16)19-13-20(28-11-3-4-21(28)29)17-12-15(23(24,25)26)7-10-18(17)27-19/h5-10,12,19-20,27H,2-4,11,13H2,1H3. The van der Waals surface area contributed by atoms with Crippen LogP contribution < -0.4 is 10.1 Å². The van der Waals surface area contributed by atoms with E-state index in [1.165, 1.54) is 6.07 Å². The molecule has 1 N–H and O–H groups in total. The van der Waals surface area contributed by atoms with E-state index in [1.807, 2.05) is 12.1 Å². The molecule has 4 rings (SSSR count). The van der Waals surface area contributed by atoms with Gasteiger partial charge in [-0.3, -0.25) is 9.59 Å². The molecule has 164 valence electrons. The van der Waals surface area contributed by atoms with Gasteiger partial charge >= 0.3 is 12.1 Å². The minimum absolute atomic E-state index is 0.0316. The highest BCUT2D eigenvalue weighted by Crippen LogP contribution is 2.45. The molecule has 2 atom stereocenters. The SMILES string of the molecule is CCC(=O)Oc1ccc(C2CC(N3CCCC3=O)c3cc(C(F)(F)F)ccc3N2)cc1. The number of carbonyl (C=O) groups excluding carboxylic acids is 2. The van der Waals surface area contributed by atoms with Gasteiger partial charge in [-0.05, 0) is 54.3 Å². The quantitative estimate of drug-likeness (QED) is 0.530. The third-order valence-electron chi connectivity index (χ3n) is 5.82.